The first-order valence-corrected chi connectivity index (χ1v) is 7.03. The van der Waals surface area contributed by atoms with Crippen molar-refractivity contribution < 1.29 is 0 Å². The topological polar surface area (TPSA) is 12.0 Å². The zero-order valence-corrected chi connectivity index (χ0v) is 10.8. The minimum absolute atomic E-state index is 0.155. The Morgan fingerprint density at radius 1 is 1.47 bits per heavy atom. The average molecular weight is 244 g/mol. The number of thiophene rings is 1. The molecular formula is C12H18ClNS. The molecule has 0 bridgehead atoms. The van der Waals surface area contributed by atoms with Crippen LogP contribution in [-0.4, -0.2) is 6.54 Å². The van der Waals surface area contributed by atoms with Gasteiger partial charge in [-0.2, -0.15) is 0 Å². The molecule has 0 aromatic carbocycles. The van der Waals surface area contributed by atoms with Crippen LogP contribution in [0.25, 0.3) is 0 Å². The molecule has 2 rings (SSSR count). The highest BCUT2D eigenvalue weighted by atomic mass is 35.5. The van der Waals surface area contributed by atoms with E-state index in [1.807, 2.05) is 6.07 Å². The van der Waals surface area contributed by atoms with Crippen LogP contribution in [0, 0.1) is 0 Å². The fourth-order valence-electron chi connectivity index (χ4n) is 2.44. The van der Waals surface area contributed by atoms with Crippen LogP contribution < -0.4 is 5.32 Å². The molecule has 0 radical (unpaired) electrons. The van der Waals surface area contributed by atoms with Gasteiger partial charge in [-0.3, -0.25) is 0 Å². The predicted octanol–water partition coefficient (Wildman–Crippen LogP) is 4.17. The summed E-state index contributed by atoms with van der Waals surface area (Å²) in [5, 5.41) is 6.75. The SMILES string of the molecule is CCC1(c2sccc2Cl)CCCCCN1. The van der Waals surface area contributed by atoms with Crippen molar-refractivity contribution >= 4 is 22.9 Å². The molecule has 1 N–H and O–H groups in total. The summed E-state index contributed by atoms with van der Waals surface area (Å²) in [6.07, 6.45) is 6.31. The van der Waals surface area contributed by atoms with Crippen molar-refractivity contribution in [3.8, 4) is 0 Å². The summed E-state index contributed by atoms with van der Waals surface area (Å²) in [5.74, 6) is 0. The average Bonchev–Trinajstić information content (AvgIpc) is 2.56. The minimum atomic E-state index is 0.155. The van der Waals surface area contributed by atoms with Crippen molar-refractivity contribution in [3.63, 3.8) is 0 Å². The monoisotopic (exact) mass is 243 g/mol. The lowest BCUT2D eigenvalue weighted by molar-refractivity contribution is 0.319. The van der Waals surface area contributed by atoms with Crippen molar-refractivity contribution in [3.05, 3.63) is 21.3 Å². The van der Waals surface area contributed by atoms with Gasteiger partial charge in [0.1, 0.15) is 0 Å². The van der Waals surface area contributed by atoms with Gasteiger partial charge in [0.05, 0.1) is 10.6 Å². The first kappa shape index (κ1) is 11.4. The van der Waals surface area contributed by atoms with E-state index >= 15 is 0 Å². The molecule has 1 saturated heterocycles. The van der Waals surface area contributed by atoms with Gasteiger partial charge >= 0.3 is 0 Å². The van der Waals surface area contributed by atoms with Crippen LogP contribution in [0.5, 0.6) is 0 Å². The highest BCUT2D eigenvalue weighted by molar-refractivity contribution is 7.10. The third kappa shape index (κ3) is 2.22. The summed E-state index contributed by atoms with van der Waals surface area (Å²) in [6, 6.07) is 2.02. The van der Waals surface area contributed by atoms with Crippen molar-refractivity contribution in [2.45, 2.75) is 44.6 Å². The molecule has 1 aromatic rings. The van der Waals surface area contributed by atoms with Gasteiger partial charge < -0.3 is 5.32 Å². The van der Waals surface area contributed by atoms with Crippen LogP contribution in [0.15, 0.2) is 11.4 Å². The van der Waals surface area contributed by atoms with Gasteiger partial charge in [0.2, 0.25) is 0 Å². The van der Waals surface area contributed by atoms with Crippen LogP contribution in [0.3, 0.4) is 0 Å². The molecule has 84 valence electrons. The summed E-state index contributed by atoms with van der Waals surface area (Å²) in [7, 11) is 0. The number of rotatable bonds is 2. The third-order valence-corrected chi connectivity index (χ3v) is 4.94. The maximum atomic E-state index is 6.27. The van der Waals surface area contributed by atoms with E-state index in [0.29, 0.717) is 0 Å². The molecule has 1 aliphatic heterocycles. The van der Waals surface area contributed by atoms with Crippen molar-refractivity contribution in [1.82, 2.24) is 5.32 Å². The largest absolute Gasteiger partial charge is 0.307 e. The fraction of sp³-hybridized carbons (Fsp3) is 0.667. The van der Waals surface area contributed by atoms with Crippen LogP contribution in [-0.2, 0) is 5.54 Å². The second-order valence-electron chi connectivity index (χ2n) is 4.27. The van der Waals surface area contributed by atoms with Gasteiger partial charge in [0, 0.05) is 4.88 Å². The van der Waals surface area contributed by atoms with Gasteiger partial charge in [0.15, 0.2) is 0 Å². The molecule has 2 heterocycles. The molecule has 0 saturated carbocycles. The van der Waals surface area contributed by atoms with Crippen LogP contribution in [0.1, 0.15) is 43.9 Å². The molecular weight excluding hydrogens is 226 g/mol. The zero-order valence-electron chi connectivity index (χ0n) is 9.18. The quantitative estimate of drug-likeness (QED) is 0.822. The van der Waals surface area contributed by atoms with Gasteiger partial charge in [-0.05, 0) is 37.3 Å². The summed E-state index contributed by atoms with van der Waals surface area (Å²) in [6.45, 7) is 3.39. The number of hydrogen-bond donors (Lipinski definition) is 1. The lowest BCUT2D eigenvalue weighted by Gasteiger charge is -2.32. The number of halogens is 1. The highest BCUT2D eigenvalue weighted by Crippen LogP contribution is 2.40. The van der Waals surface area contributed by atoms with E-state index < -0.39 is 0 Å². The molecule has 15 heavy (non-hydrogen) atoms. The summed E-state index contributed by atoms with van der Waals surface area (Å²) in [4.78, 5) is 1.34. The standard InChI is InChI=1S/C12H18ClNS/c1-2-12(7-4-3-5-8-14-12)11-10(13)6-9-15-11/h6,9,14H,2-5,7-8H2,1H3. The lowest BCUT2D eigenvalue weighted by atomic mass is 9.89. The smallest absolute Gasteiger partial charge is 0.0564 e. The first-order chi connectivity index (χ1) is 7.28. The van der Waals surface area contributed by atoms with Crippen molar-refractivity contribution in [1.29, 1.82) is 0 Å². The van der Waals surface area contributed by atoms with E-state index in [0.717, 1.165) is 18.0 Å². The van der Waals surface area contributed by atoms with E-state index in [1.54, 1.807) is 11.3 Å². The summed E-state index contributed by atoms with van der Waals surface area (Å²) >= 11 is 8.06. The zero-order chi connectivity index (χ0) is 10.7. The van der Waals surface area contributed by atoms with Crippen LogP contribution >= 0.6 is 22.9 Å². The van der Waals surface area contributed by atoms with Crippen LogP contribution in [0.4, 0.5) is 0 Å². The van der Waals surface area contributed by atoms with Gasteiger partial charge in [0.25, 0.3) is 0 Å². The first-order valence-electron chi connectivity index (χ1n) is 5.77. The van der Waals surface area contributed by atoms with E-state index in [2.05, 4.69) is 17.6 Å². The lowest BCUT2D eigenvalue weighted by Crippen LogP contribution is -2.40. The third-order valence-electron chi connectivity index (χ3n) is 3.40. The van der Waals surface area contributed by atoms with Crippen molar-refractivity contribution in [2.75, 3.05) is 6.54 Å². The molecule has 0 spiro atoms. The Morgan fingerprint density at radius 2 is 2.33 bits per heavy atom. The highest BCUT2D eigenvalue weighted by Gasteiger charge is 2.33. The Morgan fingerprint density at radius 3 is 3.00 bits per heavy atom. The predicted molar refractivity (Wildman–Crippen MR) is 67.8 cm³/mol. The number of nitrogens with one attached hydrogen (secondary N) is 1. The van der Waals surface area contributed by atoms with Gasteiger partial charge in [-0.25, -0.2) is 0 Å². The van der Waals surface area contributed by atoms with E-state index in [9.17, 15) is 0 Å². The van der Waals surface area contributed by atoms with E-state index in [4.69, 9.17) is 11.6 Å². The Balaban J connectivity index is 2.30. The molecule has 3 heteroatoms. The second kappa shape index (κ2) is 4.86. The number of hydrogen-bond acceptors (Lipinski definition) is 2. The molecule has 1 atom stereocenters. The molecule has 1 fully saturated rings. The summed E-state index contributed by atoms with van der Waals surface area (Å²) < 4.78 is 0. The van der Waals surface area contributed by atoms with E-state index in [-0.39, 0.29) is 5.54 Å². The van der Waals surface area contributed by atoms with Crippen molar-refractivity contribution in [2.24, 2.45) is 0 Å². The van der Waals surface area contributed by atoms with Gasteiger partial charge in [-0.1, -0.05) is 31.4 Å². The minimum Gasteiger partial charge on any atom is -0.307 e. The Kier molecular flexibility index (Phi) is 3.70. The fourth-order valence-corrected chi connectivity index (χ4v) is 3.95. The Bertz CT molecular complexity index is 313. The molecule has 0 amide bonds. The molecule has 1 unspecified atom stereocenters. The molecule has 1 aliphatic rings. The Labute approximate surface area is 101 Å². The summed E-state index contributed by atoms with van der Waals surface area (Å²) in [5.41, 5.74) is 0.155. The normalized spacial score (nSPS) is 27.6. The van der Waals surface area contributed by atoms with E-state index in [1.165, 1.54) is 30.6 Å². The van der Waals surface area contributed by atoms with Crippen LogP contribution in [0.2, 0.25) is 5.02 Å². The maximum absolute atomic E-state index is 6.27. The molecule has 0 aliphatic carbocycles. The molecule has 1 nitrogen and oxygen atoms in total. The maximum Gasteiger partial charge on any atom is 0.0564 e. The Hall–Kier alpha value is -0.0500. The second-order valence-corrected chi connectivity index (χ2v) is 5.59. The molecule has 1 aromatic heterocycles. The van der Waals surface area contributed by atoms with Gasteiger partial charge in [-0.15, -0.1) is 11.3 Å².